The molecule has 29 heavy (non-hydrogen) atoms. The number of nitrogens with zero attached hydrogens (tertiary/aromatic N) is 5. The van der Waals surface area contributed by atoms with Crippen molar-refractivity contribution in [3.8, 4) is 0 Å². The van der Waals surface area contributed by atoms with Crippen molar-refractivity contribution < 1.29 is 14.1 Å². The molecule has 0 N–H and O–H groups in total. The third-order valence-corrected chi connectivity index (χ3v) is 7.09. The van der Waals surface area contributed by atoms with Crippen LogP contribution < -0.4 is 0 Å². The smallest absolute Gasteiger partial charge is 0.228 e. The minimum Gasteiger partial charge on any atom is -0.364 e. The normalized spacial score (nSPS) is 27.3. The molecule has 0 radical (unpaired) electrons. The van der Waals surface area contributed by atoms with E-state index in [9.17, 15) is 9.59 Å². The van der Waals surface area contributed by atoms with E-state index in [2.05, 4.69) is 23.6 Å². The summed E-state index contributed by atoms with van der Waals surface area (Å²) in [5.74, 6) is 0.305. The molecule has 1 saturated carbocycles. The number of likely N-dealkylation sites (tertiary alicyclic amines) is 1. The van der Waals surface area contributed by atoms with Crippen LogP contribution in [-0.4, -0.2) is 56.0 Å². The van der Waals surface area contributed by atoms with Crippen molar-refractivity contribution in [3.05, 3.63) is 35.7 Å². The Hall–Kier alpha value is -2.64. The second-order valence-corrected chi connectivity index (χ2v) is 9.40. The molecular weight excluding hydrogens is 370 g/mol. The Morgan fingerprint density at radius 3 is 2.79 bits per heavy atom. The molecular formula is C21H27N5O3. The standard InChI is InChI=1S/C21H27N5O3/c1-20(2)11-15(20)19(28)26-7-4-16-18(22-13-24(16)3)21(26)6-8-25(12-21)17(27)10-14-5-9-29-23-14/h5,9,13,15H,4,6-8,10-12H2,1-3H3/t15-,21?/m1/s1. The molecule has 2 aliphatic heterocycles. The third kappa shape index (κ3) is 2.80. The maximum atomic E-state index is 13.5. The van der Waals surface area contributed by atoms with Gasteiger partial charge in [-0.3, -0.25) is 9.59 Å². The highest BCUT2D eigenvalue weighted by molar-refractivity contribution is 5.84. The van der Waals surface area contributed by atoms with Gasteiger partial charge in [-0.05, 0) is 18.3 Å². The Balaban J connectivity index is 1.45. The van der Waals surface area contributed by atoms with E-state index < -0.39 is 5.54 Å². The van der Waals surface area contributed by atoms with Crippen LogP contribution in [-0.2, 0) is 35.0 Å². The maximum absolute atomic E-state index is 13.5. The van der Waals surface area contributed by atoms with Gasteiger partial charge in [-0.1, -0.05) is 19.0 Å². The highest BCUT2D eigenvalue weighted by Gasteiger charge is 2.58. The van der Waals surface area contributed by atoms with Gasteiger partial charge in [-0.2, -0.15) is 0 Å². The summed E-state index contributed by atoms with van der Waals surface area (Å²) in [6.07, 6.45) is 5.99. The van der Waals surface area contributed by atoms with Gasteiger partial charge >= 0.3 is 0 Å². The number of imidazole rings is 1. The van der Waals surface area contributed by atoms with Crippen LogP contribution in [0.2, 0.25) is 0 Å². The summed E-state index contributed by atoms with van der Waals surface area (Å²) in [5, 5.41) is 3.86. The van der Waals surface area contributed by atoms with Gasteiger partial charge in [0.15, 0.2) is 0 Å². The van der Waals surface area contributed by atoms with E-state index in [0.29, 0.717) is 25.3 Å². The van der Waals surface area contributed by atoms with Crippen molar-refractivity contribution in [2.75, 3.05) is 19.6 Å². The molecule has 4 heterocycles. The van der Waals surface area contributed by atoms with Gasteiger partial charge in [0.05, 0.1) is 24.1 Å². The number of amides is 2. The number of hydrogen-bond acceptors (Lipinski definition) is 5. The number of hydrogen-bond donors (Lipinski definition) is 0. The van der Waals surface area contributed by atoms with Crippen molar-refractivity contribution in [2.24, 2.45) is 18.4 Å². The van der Waals surface area contributed by atoms with Crippen molar-refractivity contribution in [1.29, 1.82) is 0 Å². The summed E-state index contributed by atoms with van der Waals surface area (Å²) >= 11 is 0. The van der Waals surface area contributed by atoms with Crippen LogP contribution in [0, 0.1) is 11.3 Å². The average molecular weight is 397 g/mol. The Bertz CT molecular complexity index is 963. The van der Waals surface area contributed by atoms with E-state index in [1.165, 1.54) is 12.0 Å². The molecule has 1 unspecified atom stereocenters. The zero-order valence-electron chi connectivity index (χ0n) is 17.2. The van der Waals surface area contributed by atoms with E-state index in [4.69, 9.17) is 9.51 Å². The fourth-order valence-electron chi connectivity index (χ4n) is 5.11. The monoisotopic (exact) mass is 397 g/mol. The lowest BCUT2D eigenvalue weighted by atomic mass is 9.85. The van der Waals surface area contributed by atoms with Crippen LogP contribution in [0.3, 0.4) is 0 Å². The van der Waals surface area contributed by atoms with Crippen LogP contribution in [0.5, 0.6) is 0 Å². The summed E-state index contributed by atoms with van der Waals surface area (Å²) in [6, 6.07) is 1.71. The van der Waals surface area contributed by atoms with Crippen LogP contribution in [0.25, 0.3) is 0 Å². The molecule has 2 aromatic rings. The fourth-order valence-corrected chi connectivity index (χ4v) is 5.11. The summed E-state index contributed by atoms with van der Waals surface area (Å²) < 4.78 is 6.91. The highest BCUT2D eigenvalue weighted by Crippen LogP contribution is 2.54. The molecule has 154 valence electrons. The van der Waals surface area contributed by atoms with Crippen molar-refractivity contribution in [1.82, 2.24) is 24.5 Å². The minimum atomic E-state index is -0.524. The molecule has 8 heteroatoms. The molecule has 5 rings (SSSR count). The quantitative estimate of drug-likeness (QED) is 0.784. The van der Waals surface area contributed by atoms with Gasteiger partial charge < -0.3 is 18.9 Å². The first-order chi connectivity index (χ1) is 13.8. The molecule has 1 aliphatic carbocycles. The number of aryl methyl sites for hydroxylation is 1. The molecule has 2 fully saturated rings. The topological polar surface area (TPSA) is 84.5 Å². The maximum Gasteiger partial charge on any atom is 0.228 e. The molecule has 0 bridgehead atoms. The Morgan fingerprint density at radius 2 is 2.10 bits per heavy atom. The van der Waals surface area contributed by atoms with Gasteiger partial charge in [0.25, 0.3) is 0 Å². The van der Waals surface area contributed by atoms with Crippen LogP contribution in [0.15, 0.2) is 23.2 Å². The molecule has 0 aromatic carbocycles. The number of carbonyl (C=O) groups excluding carboxylic acids is 2. The summed E-state index contributed by atoms with van der Waals surface area (Å²) in [4.78, 5) is 35.0. The Morgan fingerprint density at radius 1 is 1.31 bits per heavy atom. The first-order valence-corrected chi connectivity index (χ1v) is 10.3. The number of carbonyl (C=O) groups is 2. The molecule has 1 saturated heterocycles. The largest absolute Gasteiger partial charge is 0.364 e. The predicted molar refractivity (Wildman–Crippen MR) is 104 cm³/mol. The molecule has 2 amide bonds. The molecule has 3 aliphatic rings. The van der Waals surface area contributed by atoms with Gasteiger partial charge in [0.1, 0.15) is 11.8 Å². The van der Waals surface area contributed by atoms with Crippen molar-refractivity contribution in [2.45, 2.75) is 45.1 Å². The minimum absolute atomic E-state index is 0.0120. The number of fused-ring (bicyclic) bond motifs is 2. The molecule has 2 aromatic heterocycles. The second kappa shape index (κ2) is 6.18. The zero-order valence-corrected chi connectivity index (χ0v) is 17.2. The third-order valence-electron chi connectivity index (χ3n) is 7.09. The fraction of sp³-hybridized carbons (Fsp3) is 0.619. The highest BCUT2D eigenvalue weighted by atomic mass is 16.5. The Kier molecular flexibility index (Phi) is 3.92. The lowest BCUT2D eigenvalue weighted by molar-refractivity contribution is -0.142. The molecule has 8 nitrogen and oxygen atoms in total. The van der Waals surface area contributed by atoms with E-state index in [1.54, 1.807) is 6.07 Å². The van der Waals surface area contributed by atoms with E-state index in [0.717, 1.165) is 25.0 Å². The van der Waals surface area contributed by atoms with E-state index >= 15 is 0 Å². The lowest BCUT2D eigenvalue weighted by Crippen LogP contribution is -2.56. The van der Waals surface area contributed by atoms with Gasteiger partial charge in [-0.15, -0.1) is 0 Å². The van der Waals surface area contributed by atoms with Gasteiger partial charge in [0.2, 0.25) is 11.8 Å². The molecule has 1 spiro atoms. The predicted octanol–water partition coefficient (Wildman–Crippen LogP) is 1.51. The van der Waals surface area contributed by atoms with E-state index in [1.807, 2.05) is 23.2 Å². The van der Waals surface area contributed by atoms with Gasteiger partial charge in [0, 0.05) is 50.8 Å². The van der Waals surface area contributed by atoms with Gasteiger partial charge in [-0.25, -0.2) is 4.98 Å². The van der Waals surface area contributed by atoms with E-state index in [-0.39, 0.29) is 29.6 Å². The second-order valence-electron chi connectivity index (χ2n) is 9.40. The first-order valence-electron chi connectivity index (χ1n) is 10.3. The van der Waals surface area contributed by atoms with Crippen molar-refractivity contribution in [3.63, 3.8) is 0 Å². The zero-order chi connectivity index (χ0) is 20.4. The summed E-state index contributed by atoms with van der Waals surface area (Å²) in [5.41, 5.74) is 2.32. The SMILES string of the molecule is Cn1cnc2c1CCN(C(=O)[C@H]1CC1(C)C)C21CCN(C(=O)Cc2ccon2)C1. The number of rotatable bonds is 3. The average Bonchev–Trinajstić information content (AvgIpc) is 3.17. The number of aromatic nitrogens is 3. The summed E-state index contributed by atoms with van der Waals surface area (Å²) in [6.45, 7) is 6.10. The van der Waals surface area contributed by atoms with Crippen LogP contribution in [0.1, 0.15) is 43.8 Å². The van der Waals surface area contributed by atoms with Crippen LogP contribution in [0.4, 0.5) is 0 Å². The molecule has 2 atom stereocenters. The lowest BCUT2D eigenvalue weighted by Gasteiger charge is -2.44. The van der Waals surface area contributed by atoms with Crippen LogP contribution >= 0.6 is 0 Å². The first kappa shape index (κ1) is 18.4. The van der Waals surface area contributed by atoms with Crippen molar-refractivity contribution >= 4 is 11.8 Å². The summed E-state index contributed by atoms with van der Waals surface area (Å²) in [7, 11) is 2.00. The Labute approximate surface area is 169 Å².